The van der Waals surface area contributed by atoms with E-state index in [1.165, 1.54) is 0 Å². The van der Waals surface area contributed by atoms with Crippen molar-refractivity contribution >= 4 is 39.5 Å². The van der Waals surface area contributed by atoms with Crippen LogP contribution in [0.3, 0.4) is 0 Å². The molecular formula is C39H75N6O9P3. The van der Waals surface area contributed by atoms with Gasteiger partial charge in [0.15, 0.2) is 0 Å². The van der Waals surface area contributed by atoms with Crippen LogP contribution in [0.25, 0.3) is 0 Å². The molecule has 0 aromatic carbocycles. The van der Waals surface area contributed by atoms with Gasteiger partial charge in [-0.3, -0.25) is 42.0 Å². The van der Waals surface area contributed by atoms with Gasteiger partial charge in [-0.1, -0.05) is 0 Å². The average Bonchev–Trinajstić information content (AvgIpc) is 3.04. The molecule has 3 unspecified atom stereocenters. The maximum atomic E-state index is 15.3. The second-order valence-electron chi connectivity index (χ2n) is 19.9. The van der Waals surface area contributed by atoms with Crippen molar-refractivity contribution in [2.45, 2.75) is 194 Å². The van der Waals surface area contributed by atoms with Crippen LogP contribution in [0.4, 0.5) is 0 Å². The highest BCUT2D eigenvalue weighted by Crippen LogP contribution is 2.56. The Morgan fingerprint density at radius 2 is 0.614 bits per heavy atom. The lowest BCUT2D eigenvalue weighted by atomic mass is 9.79. The molecule has 0 N–H and O–H groups in total. The van der Waals surface area contributed by atoms with Gasteiger partial charge in [-0.25, -0.2) is 0 Å². The van der Waals surface area contributed by atoms with Crippen LogP contribution < -0.4 is 16.7 Å². The van der Waals surface area contributed by atoms with Crippen molar-refractivity contribution in [3.63, 3.8) is 0 Å². The minimum atomic E-state index is -4.45. The summed E-state index contributed by atoms with van der Waals surface area (Å²) in [6.07, 6.45) is 1.55. The summed E-state index contributed by atoms with van der Waals surface area (Å²) in [5.74, 6) is 0. The first-order chi connectivity index (χ1) is 25.8. The zero-order valence-electron chi connectivity index (χ0n) is 38.3. The van der Waals surface area contributed by atoms with E-state index in [1.54, 1.807) is 20.8 Å². The van der Waals surface area contributed by atoms with Gasteiger partial charge in [0, 0.05) is 33.2 Å². The summed E-state index contributed by atoms with van der Waals surface area (Å²) in [5.41, 5.74) is -3.29. The van der Waals surface area contributed by atoms with Crippen LogP contribution in [0.5, 0.6) is 0 Å². The van der Waals surface area contributed by atoms with Crippen LogP contribution >= 0.6 is 22.8 Å². The predicted molar refractivity (Wildman–Crippen MR) is 227 cm³/mol. The highest BCUT2D eigenvalue weighted by atomic mass is 31.2. The van der Waals surface area contributed by atoms with Crippen molar-refractivity contribution in [1.29, 1.82) is 0 Å². The third-order valence-corrected chi connectivity index (χ3v) is 18.5. The highest BCUT2D eigenvalue weighted by Gasteiger charge is 2.52. The second-order valence-corrected chi connectivity index (χ2v) is 25.5. The lowest BCUT2D eigenvalue weighted by Crippen LogP contribution is -2.60. The van der Waals surface area contributed by atoms with E-state index >= 15 is 13.7 Å². The maximum Gasteiger partial charge on any atom is 0.398 e. The molecule has 1 aromatic heterocycles. The Bertz CT molecular complexity index is 1480. The Hall–Kier alpha value is -0.660. The summed E-state index contributed by atoms with van der Waals surface area (Å²) in [6, 6.07) is 0. The normalized spacial score (nSPS) is 27.7. The summed E-state index contributed by atoms with van der Waals surface area (Å²) in [7, 11) is -7.14. The van der Waals surface area contributed by atoms with Gasteiger partial charge in [-0.2, -0.15) is 15.0 Å². The van der Waals surface area contributed by atoms with Crippen LogP contribution in [0.2, 0.25) is 0 Å². The molecule has 15 nitrogen and oxygen atoms in total. The number of rotatable bonds is 15. The van der Waals surface area contributed by atoms with Gasteiger partial charge in [0.25, 0.3) is 0 Å². The Kier molecular flexibility index (Phi) is 14.5. The SMILES string of the molecule is CCOP(=O)(OC1CC(C)(C)N(C)C(C)(C)C1)c1nc(P(=O)(OCC)OC2CC(C)(C)N(C)C(C)(C)C2)nc(P(=O)(OCC)OC2CC(C)(C)N(C)C(C)(C)C2)n1. The summed E-state index contributed by atoms with van der Waals surface area (Å²) < 4.78 is 83.4. The van der Waals surface area contributed by atoms with Crippen LogP contribution in [0.1, 0.15) is 142 Å². The predicted octanol–water partition coefficient (Wildman–Crippen LogP) is 7.44. The first kappa shape index (κ1) is 49.0. The Balaban J connectivity index is 1.93. The van der Waals surface area contributed by atoms with Crippen molar-refractivity contribution < 1.29 is 40.8 Å². The molecule has 57 heavy (non-hydrogen) atoms. The van der Waals surface area contributed by atoms with Crippen LogP contribution in [0.15, 0.2) is 0 Å². The number of hydrogen-bond donors (Lipinski definition) is 0. The van der Waals surface area contributed by atoms with Crippen molar-refractivity contribution in [1.82, 2.24) is 29.7 Å². The van der Waals surface area contributed by atoms with Gasteiger partial charge in [0.1, 0.15) is 0 Å². The molecule has 4 rings (SSSR count). The van der Waals surface area contributed by atoms with E-state index < -0.39 is 57.8 Å². The summed E-state index contributed by atoms with van der Waals surface area (Å²) in [5, 5.41) is 0. The largest absolute Gasteiger partial charge is 0.398 e. The minimum Gasteiger partial charge on any atom is -0.303 e. The fraction of sp³-hybridized carbons (Fsp3) is 0.923. The molecule has 3 atom stereocenters. The molecule has 0 bridgehead atoms. The Morgan fingerprint density at radius 1 is 0.439 bits per heavy atom. The van der Waals surface area contributed by atoms with E-state index in [4.69, 9.17) is 27.1 Å². The summed E-state index contributed by atoms with van der Waals surface area (Å²) in [6.45, 7) is 30.3. The number of hydrogen-bond acceptors (Lipinski definition) is 15. The molecule has 3 fully saturated rings. The number of aromatic nitrogens is 3. The quantitative estimate of drug-likeness (QED) is 0.160. The summed E-state index contributed by atoms with van der Waals surface area (Å²) >= 11 is 0. The van der Waals surface area contributed by atoms with Gasteiger partial charge in [-0.05, 0) is 164 Å². The molecule has 4 heterocycles. The first-order valence-electron chi connectivity index (χ1n) is 20.6. The van der Waals surface area contributed by atoms with E-state index in [1.807, 2.05) is 0 Å². The van der Waals surface area contributed by atoms with Crippen molar-refractivity contribution in [3.8, 4) is 0 Å². The van der Waals surface area contributed by atoms with E-state index in [9.17, 15) is 0 Å². The lowest BCUT2D eigenvalue weighted by Gasteiger charge is -2.53. The molecule has 0 radical (unpaired) electrons. The van der Waals surface area contributed by atoms with Gasteiger partial charge in [-0.15, -0.1) is 0 Å². The smallest absolute Gasteiger partial charge is 0.303 e. The molecule has 1 aromatic rings. The van der Waals surface area contributed by atoms with Crippen LogP contribution in [0, 0.1) is 0 Å². The molecule has 3 saturated heterocycles. The zero-order chi connectivity index (χ0) is 43.4. The molecular weight excluding hydrogens is 789 g/mol. The standard InChI is InChI=1S/C39H75N6O9P3/c1-19-49-55(46,52-28-22-34(4,5)43(16)35(6,7)23-28)31-40-32(56(47,50-20-2)53-29-24-36(8,9)44(17)37(10,11)25-29)42-33(41-31)57(48,51-21-3)54-30-26-38(12,13)45(18)39(14,15)27-30/h28-30H,19-27H2,1-18H3. The fourth-order valence-corrected chi connectivity index (χ4v) is 14.3. The lowest BCUT2D eigenvalue weighted by molar-refractivity contribution is -0.0587. The molecule has 3 aliphatic rings. The molecule has 18 heteroatoms. The minimum absolute atomic E-state index is 0.0220. The molecule has 0 amide bonds. The van der Waals surface area contributed by atoms with Crippen LogP contribution in [-0.4, -0.2) is 122 Å². The fourth-order valence-electron chi connectivity index (χ4n) is 9.28. The third kappa shape index (κ3) is 10.5. The van der Waals surface area contributed by atoms with Gasteiger partial charge in [0.05, 0.1) is 38.1 Å². The first-order valence-corrected chi connectivity index (χ1v) is 25.2. The van der Waals surface area contributed by atoms with E-state index in [-0.39, 0.29) is 53.1 Å². The Morgan fingerprint density at radius 3 is 0.772 bits per heavy atom. The molecule has 0 aliphatic carbocycles. The molecule has 0 saturated carbocycles. The van der Waals surface area contributed by atoms with Gasteiger partial charge in [0.2, 0.25) is 16.7 Å². The van der Waals surface area contributed by atoms with E-state index in [0.29, 0.717) is 38.5 Å². The second kappa shape index (κ2) is 16.9. The molecule has 330 valence electrons. The van der Waals surface area contributed by atoms with E-state index in [2.05, 4.69) is 134 Å². The Labute approximate surface area is 344 Å². The van der Waals surface area contributed by atoms with Gasteiger partial charge >= 0.3 is 22.8 Å². The summed E-state index contributed by atoms with van der Waals surface area (Å²) in [4.78, 5) is 20.6. The van der Waals surface area contributed by atoms with Crippen molar-refractivity contribution in [2.75, 3.05) is 41.0 Å². The number of piperidine rings is 3. The zero-order valence-corrected chi connectivity index (χ0v) is 41.0. The average molecular weight is 865 g/mol. The van der Waals surface area contributed by atoms with Crippen molar-refractivity contribution in [2.24, 2.45) is 0 Å². The number of nitrogens with zero attached hydrogens (tertiary/aromatic N) is 6. The number of likely N-dealkylation sites (tertiary alicyclic amines) is 3. The highest BCUT2D eigenvalue weighted by molar-refractivity contribution is 7.64. The molecule has 3 aliphatic heterocycles. The topological polar surface area (TPSA) is 155 Å². The van der Waals surface area contributed by atoms with Crippen LogP contribution in [-0.2, 0) is 40.8 Å². The monoisotopic (exact) mass is 864 g/mol. The van der Waals surface area contributed by atoms with Gasteiger partial charge < -0.3 is 13.6 Å². The van der Waals surface area contributed by atoms with Crippen molar-refractivity contribution in [3.05, 3.63) is 0 Å². The van der Waals surface area contributed by atoms with E-state index in [0.717, 1.165) is 0 Å². The molecule has 0 spiro atoms. The maximum absolute atomic E-state index is 15.3. The third-order valence-electron chi connectivity index (χ3n) is 12.9.